The summed E-state index contributed by atoms with van der Waals surface area (Å²) >= 11 is 0. The highest BCUT2D eigenvalue weighted by Crippen LogP contribution is 2.19. The van der Waals surface area contributed by atoms with Gasteiger partial charge < -0.3 is 24.2 Å². The summed E-state index contributed by atoms with van der Waals surface area (Å²) < 4.78 is 16.3. The molecule has 1 aliphatic rings. The number of carbonyl (C=O) groups excluding carboxylic acids is 1. The van der Waals surface area contributed by atoms with Gasteiger partial charge in [-0.25, -0.2) is 0 Å². The zero-order valence-corrected chi connectivity index (χ0v) is 14.5. The van der Waals surface area contributed by atoms with Gasteiger partial charge in [0.05, 0.1) is 26.4 Å². The molecule has 2 rings (SSSR count). The SMILES string of the molecule is COc1cccc(OCC(=O)N2CCOC(CN(C)CC(=O)O)C2)c1. The number of carbonyl (C=O) groups is 2. The number of benzene rings is 1. The van der Waals surface area contributed by atoms with Crippen LogP contribution in [0.15, 0.2) is 24.3 Å². The van der Waals surface area contributed by atoms with E-state index in [1.54, 1.807) is 48.2 Å². The van der Waals surface area contributed by atoms with E-state index in [1.807, 2.05) is 0 Å². The van der Waals surface area contributed by atoms with Crippen molar-refractivity contribution in [3.63, 3.8) is 0 Å². The topological polar surface area (TPSA) is 88.5 Å². The van der Waals surface area contributed by atoms with Crippen LogP contribution in [0.2, 0.25) is 0 Å². The molecule has 0 saturated carbocycles. The molecule has 1 N–H and O–H groups in total. The third-order valence-corrected chi connectivity index (χ3v) is 3.82. The standard InChI is InChI=1S/C17H24N2O6/c1-18(11-17(21)22)9-15-10-19(6-7-24-15)16(20)12-25-14-5-3-4-13(8-14)23-2/h3-5,8,15H,6-7,9-12H2,1-2H3,(H,21,22). The summed E-state index contributed by atoms with van der Waals surface area (Å²) in [6.07, 6.45) is -0.209. The predicted molar refractivity (Wildman–Crippen MR) is 89.9 cm³/mol. The first-order valence-electron chi connectivity index (χ1n) is 8.04. The average molecular weight is 352 g/mol. The van der Waals surface area contributed by atoms with Gasteiger partial charge in [0, 0.05) is 25.7 Å². The van der Waals surface area contributed by atoms with Gasteiger partial charge in [-0.2, -0.15) is 0 Å². The fourth-order valence-corrected chi connectivity index (χ4v) is 2.63. The van der Waals surface area contributed by atoms with Crippen LogP contribution < -0.4 is 9.47 Å². The molecule has 1 amide bonds. The van der Waals surface area contributed by atoms with Crippen molar-refractivity contribution in [3.8, 4) is 11.5 Å². The maximum absolute atomic E-state index is 12.3. The summed E-state index contributed by atoms with van der Waals surface area (Å²) in [6.45, 7) is 1.67. The minimum atomic E-state index is -0.891. The van der Waals surface area contributed by atoms with Crippen molar-refractivity contribution >= 4 is 11.9 Å². The molecule has 25 heavy (non-hydrogen) atoms. The maximum Gasteiger partial charge on any atom is 0.317 e. The van der Waals surface area contributed by atoms with Crippen LogP contribution in [0.25, 0.3) is 0 Å². The number of nitrogens with zero attached hydrogens (tertiary/aromatic N) is 2. The Labute approximate surface area is 146 Å². The Morgan fingerprint density at radius 3 is 2.88 bits per heavy atom. The molecule has 8 nitrogen and oxygen atoms in total. The van der Waals surface area contributed by atoms with E-state index in [-0.39, 0.29) is 25.2 Å². The van der Waals surface area contributed by atoms with Crippen LogP contribution in [0, 0.1) is 0 Å². The van der Waals surface area contributed by atoms with Crippen molar-refractivity contribution in [1.82, 2.24) is 9.80 Å². The van der Waals surface area contributed by atoms with Crippen molar-refractivity contribution < 1.29 is 28.9 Å². The summed E-state index contributed by atoms with van der Waals surface area (Å²) in [7, 11) is 3.28. The number of amides is 1. The molecule has 0 aromatic heterocycles. The van der Waals surface area contributed by atoms with Gasteiger partial charge in [0.25, 0.3) is 5.91 Å². The molecular weight excluding hydrogens is 328 g/mol. The Morgan fingerprint density at radius 1 is 1.40 bits per heavy atom. The van der Waals surface area contributed by atoms with E-state index in [0.29, 0.717) is 37.7 Å². The highest BCUT2D eigenvalue weighted by molar-refractivity contribution is 5.78. The van der Waals surface area contributed by atoms with E-state index in [4.69, 9.17) is 19.3 Å². The zero-order valence-electron chi connectivity index (χ0n) is 14.5. The first kappa shape index (κ1) is 19.0. The minimum absolute atomic E-state index is 0.0627. The Kier molecular flexibility index (Phi) is 7.03. The Balaban J connectivity index is 1.81. The van der Waals surface area contributed by atoms with Crippen molar-refractivity contribution in [3.05, 3.63) is 24.3 Å². The number of carboxylic acid groups (broad SMARTS) is 1. The lowest BCUT2D eigenvalue weighted by atomic mass is 10.2. The lowest BCUT2D eigenvalue weighted by molar-refractivity contribution is -0.143. The molecule has 8 heteroatoms. The van der Waals surface area contributed by atoms with E-state index in [1.165, 1.54) is 0 Å². The third kappa shape index (κ3) is 6.24. The zero-order chi connectivity index (χ0) is 18.2. The van der Waals surface area contributed by atoms with Crippen LogP contribution in [-0.4, -0.2) is 86.4 Å². The van der Waals surface area contributed by atoms with E-state index >= 15 is 0 Å². The summed E-state index contributed by atoms with van der Waals surface area (Å²) in [6, 6.07) is 7.08. The molecule has 1 atom stereocenters. The van der Waals surface area contributed by atoms with Gasteiger partial charge in [-0.15, -0.1) is 0 Å². The van der Waals surface area contributed by atoms with Crippen LogP contribution >= 0.6 is 0 Å². The number of morpholine rings is 1. The number of carboxylic acids is 1. The highest BCUT2D eigenvalue weighted by atomic mass is 16.5. The van der Waals surface area contributed by atoms with E-state index in [2.05, 4.69) is 0 Å². The number of rotatable bonds is 8. The summed E-state index contributed by atoms with van der Waals surface area (Å²) in [5.41, 5.74) is 0. The van der Waals surface area contributed by atoms with Gasteiger partial charge in [-0.3, -0.25) is 14.5 Å². The second kappa shape index (κ2) is 9.24. The molecule has 1 heterocycles. The number of ether oxygens (including phenoxy) is 3. The molecule has 1 aromatic rings. The van der Waals surface area contributed by atoms with Gasteiger partial charge in [-0.05, 0) is 19.2 Å². The molecule has 1 aromatic carbocycles. The van der Waals surface area contributed by atoms with Crippen molar-refractivity contribution in [2.45, 2.75) is 6.10 Å². The smallest absolute Gasteiger partial charge is 0.317 e. The fraction of sp³-hybridized carbons (Fsp3) is 0.529. The Hall–Kier alpha value is -2.32. The van der Waals surface area contributed by atoms with Gasteiger partial charge in [-0.1, -0.05) is 6.07 Å². The van der Waals surface area contributed by atoms with Gasteiger partial charge in [0.15, 0.2) is 6.61 Å². The third-order valence-electron chi connectivity index (χ3n) is 3.82. The largest absolute Gasteiger partial charge is 0.497 e. The Morgan fingerprint density at radius 2 is 2.16 bits per heavy atom. The van der Waals surface area contributed by atoms with Crippen molar-refractivity contribution in [1.29, 1.82) is 0 Å². The van der Waals surface area contributed by atoms with Gasteiger partial charge in [0.2, 0.25) is 0 Å². The normalized spacial score (nSPS) is 17.4. The van der Waals surface area contributed by atoms with Crippen LogP contribution in [0.4, 0.5) is 0 Å². The maximum atomic E-state index is 12.3. The molecular formula is C17H24N2O6. The highest BCUT2D eigenvalue weighted by Gasteiger charge is 2.25. The lowest BCUT2D eigenvalue weighted by Gasteiger charge is -2.34. The van der Waals surface area contributed by atoms with Crippen LogP contribution in [0.1, 0.15) is 0 Å². The predicted octanol–water partition coefficient (Wildman–Crippen LogP) is 0.318. The molecule has 1 fully saturated rings. The summed E-state index contributed by atoms with van der Waals surface area (Å²) in [4.78, 5) is 26.4. The molecule has 1 unspecified atom stereocenters. The minimum Gasteiger partial charge on any atom is -0.497 e. The lowest BCUT2D eigenvalue weighted by Crippen LogP contribution is -2.50. The van der Waals surface area contributed by atoms with E-state index in [0.717, 1.165) is 0 Å². The second-order valence-corrected chi connectivity index (χ2v) is 5.89. The van der Waals surface area contributed by atoms with E-state index < -0.39 is 5.97 Å². The van der Waals surface area contributed by atoms with Crippen LogP contribution in [-0.2, 0) is 14.3 Å². The monoisotopic (exact) mass is 352 g/mol. The molecule has 138 valence electrons. The summed E-state index contributed by atoms with van der Waals surface area (Å²) in [5, 5.41) is 8.80. The number of hydrogen-bond acceptors (Lipinski definition) is 6. The van der Waals surface area contributed by atoms with Gasteiger partial charge in [0.1, 0.15) is 11.5 Å². The van der Waals surface area contributed by atoms with Crippen molar-refractivity contribution in [2.75, 3.05) is 53.6 Å². The second-order valence-electron chi connectivity index (χ2n) is 5.89. The number of likely N-dealkylation sites (N-methyl/N-ethyl adjacent to an activating group) is 1. The fourth-order valence-electron chi connectivity index (χ4n) is 2.63. The molecule has 0 spiro atoms. The van der Waals surface area contributed by atoms with E-state index in [9.17, 15) is 9.59 Å². The molecule has 1 aliphatic heterocycles. The number of methoxy groups -OCH3 is 1. The average Bonchev–Trinajstić information content (AvgIpc) is 2.59. The summed E-state index contributed by atoms with van der Waals surface area (Å²) in [5.74, 6) is 0.214. The molecule has 1 saturated heterocycles. The number of hydrogen-bond donors (Lipinski definition) is 1. The quantitative estimate of drug-likeness (QED) is 0.721. The van der Waals surface area contributed by atoms with Crippen LogP contribution in [0.3, 0.4) is 0 Å². The Bertz CT molecular complexity index is 594. The van der Waals surface area contributed by atoms with Crippen LogP contribution in [0.5, 0.6) is 11.5 Å². The number of aliphatic carboxylic acids is 1. The van der Waals surface area contributed by atoms with Gasteiger partial charge >= 0.3 is 5.97 Å². The first-order valence-corrected chi connectivity index (χ1v) is 8.04. The molecule has 0 bridgehead atoms. The molecule has 0 aliphatic carbocycles. The van der Waals surface area contributed by atoms with Crippen molar-refractivity contribution in [2.24, 2.45) is 0 Å². The molecule has 0 radical (unpaired) electrons. The first-order chi connectivity index (χ1) is 12.0.